The van der Waals surface area contributed by atoms with Crippen LogP contribution in [0.4, 0.5) is 0 Å². The number of carbonyl (C=O) groups excluding carboxylic acids is 1. The van der Waals surface area contributed by atoms with Crippen molar-refractivity contribution < 1.29 is 4.79 Å². The summed E-state index contributed by atoms with van der Waals surface area (Å²) in [5, 5.41) is 3.11. The van der Waals surface area contributed by atoms with Crippen LogP contribution in [0.2, 0.25) is 20.1 Å². The molecule has 56 heavy (non-hydrogen) atoms. The van der Waals surface area contributed by atoms with E-state index >= 15 is 0 Å². The Morgan fingerprint density at radius 1 is 0.500 bits per heavy atom. The fourth-order valence-electron chi connectivity index (χ4n) is 10.5. The monoisotopic (exact) mass is 832 g/mol. The molecule has 300 valence electrons. The molecule has 7 heteroatoms. The van der Waals surface area contributed by atoms with Crippen LogP contribution < -0.4 is 0 Å². The minimum Gasteiger partial charge on any atom is -0.332 e. The molecule has 1 amide bonds. The lowest BCUT2D eigenvalue weighted by molar-refractivity contribution is -0.145. The molecular formula is C49H60Cl4N2O. The maximum atomic E-state index is 13.4. The van der Waals surface area contributed by atoms with Gasteiger partial charge in [-0.1, -0.05) is 130 Å². The van der Waals surface area contributed by atoms with Crippen molar-refractivity contribution in [2.75, 3.05) is 6.54 Å². The second kappa shape index (κ2) is 19.0. The van der Waals surface area contributed by atoms with Gasteiger partial charge in [-0.15, -0.1) is 0 Å². The van der Waals surface area contributed by atoms with Gasteiger partial charge in [-0.3, -0.25) is 9.69 Å². The average Bonchev–Trinajstić information content (AvgIpc) is 3.81. The van der Waals surface area contributed by atoms with Gasteiger partial charge in [0.05, 0.1) is 6.04 Å². The summed E-state index contributed by atoms with van der Waals surface area (Å²) in [6.45, 7) is 10.4. The fraction of sp³-hybridized carbons (Fsp3) is 0.490. The zero-order chi connectivity index (χ0) is 38.8. The molecule has 0 spiro atoms. The minimum absolute atomic E-state index is 0. The Kier molecular flexibility index (Phi) is 14.6. The molecule has 2 saturated carbocycles. The molecule has 0 radical (unpaired) electrons. The highest BCUT2D eigenvalue weighted by Crippen LogP contribution is 2.50. The predicted molar refractivity (Wildman–Crippen MR) is 238 cm³/mol. The van der Waals surface area contributed by atoms with Crippen molar-refractivity contribution in [3.05, 3.63) is 139 Å². The van der Waals surface area contributed by atoms with E-state index in [0.717, 1.165) is 50.8 Å². The van der Waals surface area contributed by atoms with Crippen molar-refractivity contribution in [1.29, 1.82) is 0 Å². The maximum absolute atomic E-state index is 13.4. The Morgan fingerprint density at radius 2 is 0.982 bits per heavy atom. The Balaban J connectivity index is 0.000000187. The van der Waals surface area contributed by atoms with Crippen LogP contribution in [-0.2, 0) is 4.79 Å². The molecular weight excluding hydrogens is 774 g/mol. The third-order valence-corrected chi connectivity index (χ3v) is 14.0. The Morgan fingerprint density at radius 3 is 1.46 bits per heavy atom. The van der Waals surface area contributed by atoms with Gasteiger partial charge in [0.2, 0.25) is 5.91 Å². The molecule has 2 saturated heterocycles. The van der Waals surface area contributed by atoms with Crippen molar-refractivity contribution in [2.45, 2.75) is 122 Å². The summed E-state index contributed by atoms with van der Waals surface area (Å²) in [5.74, 6) is 3.19. The largest absolute Gasteiger partial charge is 0.332 e. The van der Waals surface area contributed by atoms with Crippen molar-refractivity contribution >= 4 is 52.3 Å². The van der Waals surface area contributed by atoms with Gasteiger partial charge in [-0.2, -0.15) is 0 Å². The number of amides is 1. The molecule has 2 aliphatic carbocycles. The molecule has 10 atom stereocenters. The summed E-state index contributed by atoms with van der Waals surface area (Å²) in [7, 11) is 0. The van der Waals surface area contributed by atoms with Crippen LogP contribution in [0.25, 0.3) is 0 Å². The normalized spacial score (nSPS) is 30.7. The van der Waals surface area contributed by atoms with Crippen LogP contribution in [0.5, 0.6) is 0 Å². The van der Waals surface area contributed by atoms with E-state index in [1.165, 1.54) is 55.3 Å². The van der Waals surface area contributed by atoms with Crippen molar-refractivity contribution in [1.82, 2.24) is 9.80 Å². The summed E-state index contributed by atoms with van der Waals surface area (Å²) in [5.41, 5.74) is 5.12. The first-order valence-corrected chi connectivity index (χ1v) is 22.1. The summed E-state index contributed by atoms with van der Waals surface area (Å²) < 4.78 is 0. The van der Waals surface area contributed by atoms with E-state index in [-0.39, 0.29) is 31.2 Å². The van der Waals surface area contributed by atoms with E-state index in [1.54, 1.807) is 0 Å². The molecule has 4 aromatic rings. The molecule has 2 aliphatic heterocycles. The van der Waals surface area contributed by atoms with E-state index < -0.39 is 0 Å². The maximum Gasteiger partial charge on any atom is 0.226 e. The molecule has 2 heterocycles. The zero-order valence-electron chi connectivity index (χ0n) is 32.7. The SMILES string of the molecule is C.CC1C[C@H](c2cccc(Cl)c2)[C@@H](c2ccc(Cl)cc2)N(C2CC[C@@H](C)C2)C1.CC1C[C@H](c2cccc(Cl)c2)[C@@H](c2ccc(Cl)cc2)N(C2CC[C@H](C)C2)C1=O. The van der Waals surface area contributed by atoms with E-state index in [1.807, 2.05) is 42.5 Å². The second-order valence-electron chi connectivity index (χ2n) is 17.4. The number of likely N-dealkylation sites (tertiary alicyclic amines) is 2. The molecule has 4 aromatic carbocycles. The molecule has 4 aliphatic rings. The molecule has 8 rings (SSSR count). The average molecular weight is 835 g/mol. The lowest BCUT2D eigenvalue weighted by Gasteiger charge is -2.47. The van der Waals surface area contributed by atoms with Gasteiger partial charge in [0, 0.05) is 62.5 Å². The van der Waals surface area contributed by atoms with Gasteiger partial charge < -0.3 is 4.90 Å². The summed E-state index contributed by atoms with van der Waals surface area (Å²) >= 11 is 25.1. The van der Waals surface area contributed by atoms with Gasteiger partial charge in [-0.25, -0.2) is 0 Å². The van der Waals surface area contributed by atoms with Gasteiger partial charge in [0.1, 0.15) is 0 Å². The number of hydrogen-bond donors (Lipinski definition) is 0. The van der Waals surface area contributed by atoms with Crippen LogP contribution in [0, 0.1) is 23.7 Å². The lowest BCUT2D eigenvalue weighted by atomic mass is 9.75. The van der Waals surface area contributed by atoms with Crippen LogP contribution >= 0.6 is 46.4 Å². The molecule has 4 unspecified atom stereocenters. The number of halogens is 4. The number of rotatable bonds is 6. The highest BCUT2D eigenvalue weighted by atomic mass is 35.5. The van der Waals surface area contributed by atoms with Crippen molar-refractivity contribution in [2.24, 2.45) is 23.7 Å². The first-order valence-electron chi connectivity index (χ1n) is 20.5. The van der Waals surface area contributed by atoms with Crippen molar-refractivity contribution in [3.63, 3.8) is 0 Å². The summed E-state index contributed by atoms with van der Waals surface area (Å²) in [4.78, 5) is 18.4. The number of benzene rings is 4. The van der Waals surface area contributed by atoms with E-state index in [2.05, 4.69) is 92.1 Å². The molecule has 3 nitrogen and oxygen atoms in total. The third-order valence-electron chi connectivity index (χ3n) is 13.1. The summed E-state index contributed by atoms with van der Waals surface area (Å²) in [6.07, 6.45) is 9.40. The highest BCUT2D eigenvalue weighted by Gasteiger charge is 2.46. The van der Waals surface area contributed by atoms with Crippen molar-refractivity contribution in [3.8, 4) is 0 Å². The molecule has 0 N–H and O–H groups in total. The van der Waals surface area contributed by atoms with E-state index in [4.69, 9.17) is 46.4 Å². The van der Waals surface area contributed by atoms with Gasteiger partial charge in [0.25, 0.3) is 0 Å². The van der Waals surface area contributed by atoms with Crippen LogP contribution in [0.15, 0.2) is 97.1 Å². The van der Waals surface area contributed by atoms with Crippen LogP contribution in [-0.4, -0.2) is 34.3 Å². The fourth-order valence-corrected chi connectivity index (χ4v) is 11.1. The van der Waals surface area contributed by atoms with Gasteiger partial charge >= 0.3 is 0 Å². The van der Waals surface area contributed by atoms with Gasteiger partial charge in [-0.05, 0) is 140 Å². The minimum atomic E-state index is 0. The lowest BCUT2D eigenvalue weighted by Crippen LogP contribution is -2.50. The highest BCUT2D eigenvalue weighted by molar-refractivity contribution is 6.31. The first kappa shape index (κ1) is 43.1. The first-order chi connectivity index (χ1) is 26.4. The quantitative estimate of drug-likeness (QED) is 0.193. The molecule has 4 fully saturated rings. The topological polar surface area (TPSA) is 23.6 Å². The predicted octanol–water partition coefficient (Wildman–Crippen LogP) is 14.9. The number of piperidine rings is 2. The van der Waals surface area contributed by atoms with Gasteiger partial charge in [0.15, 0.2) is 0 Å². The third kappa shape index (κ3) is 9.83. The summed E-state index contributed by atoms with van der Waals surface area (Å²) in [6, 6.07) is 34.6. The second-order valence-corrected chi connectivity index (χ2v) is 19.1. The molecule has 0 aromatic heterocycles. The zero-order valence-corrected chi connectivity index (χ0v) is 35.7. The van der Waals surface area contributed by atoms with Crippen LogP contribution in [0.3, 0.4) is 0 Å². The Bertz CT molecular complexity index is 1900. The number of hydrogen-bond acceptors (Lipinski definition) is 2. The smallest absolute Gasteiger partial charge is 0.226 e. The Labute approximate surface area is 357 Å². The standard InChI is InChI=1S/C24H27Cl2NO.C24H29Cl2N.CH4/c1-15-6-11-21(12-15)27-23(17-7-9-19(25)10-8-17)22(13-16(2)24(27)28)18-4-3-5-20(26)14-18;1-16-6-11-22(12-16)27-15-17(2)13-23(19-4-3-5-21(26)14-19)24(27)18-7-9-20(25)10-8-18;/h3-5,7-10,14-16,21-23H,6,11-13H2,1-2H3;3-5,7-10,14,16-17,22-24H,6,11-13,15H2,1-2H3;1H4/t15-,16?,21?,22+,23+;16-,17?,22?,23-,24-;/m01./s1. The molecule has 0 bridgehead atoms. The van der Waals surface area contributed by atoms with Crippen LogP contribution in [0.1, 0.15) is 133 Å². The van der Waals surface area contributed by atoms with E-state index in [9.17, 15) is 4.79 Å². The van der Waals surface area contributed by atoms with E-state index in [0.29, 0.717) is 35.9 Å². The number of carbonyl (C=O) groups is 1. The Hall–Kier alpha value is -2.53. The number of nitrogens with zero attached hydrogens (tertiary/aromatic N) is 2.